The lowest BCUT2D eigenvalue weighted by molar-refractivity contribution is 0.0696. The summed E-state index contributed by atoms with van der Waals surface area (Å²) < 4.78 is 32.4. The van der Waals surface area contributed by atoms with E-state index in [-0.39, 0.29) is 17.1 Å². The second kappa shape index (κ2) is 6.21. The fourth-order valence-electron chi connectivity index (χ4n) is 1.65. The Hall–Kier alpha value is -0.960. The van der Waals surface area contributed by atoms with Gasteiger partial charge in [-0.3, -0.25) is 0 Å². The average Bonchev–Trinajstić information content (AvgIpc) is 2.26. The van der Waals surface area contributed by atoms with Gasteiger partial charge in [-0.1, -0.05) is 0 Å². The van der Waals surface area contributed by atoms with Crippen LogP contribution < -0.4 is 4.72 Å². The number of hydrogen-bond donors (Lipinski definition) is 2. The van der Waals surface area contributed by atoms with Crippen LogP contribution in [0, 0.1) is 0 Å². The van der Waals surface area contributed by atoms with Gasteiger partial charge in [0, 0.05) is 11.6 Å². The van der Waals surface area contributed by atoms with Gasteiger partial charge in [0.25, 0.3) is 0 Å². The van der Waals surface area contributed by atoms with Crippen molar-refractivity contribution in [3.8, 4) is 0 Å². The monoisotopic (exact) mass is 365 g/mol. The molecule has 0 heterocycles. The molecule has 0 saturated heterocycles. The second-order valence-corrected chi connectivity index (χ2v) is 7.38. The Balaban J connectivity index is 3.22. The molecule has 0 aromatic heterocycles. The number of carboxylic acids is 1. The van der Waals surface area contributed by atoms with E-state index >= 15 is 0 Å². The molecule has 8 heteroatoms. The number of carboxylic acid groups (broad SMARTS) is 1. The summed E-state index contributed by atoms with van der Waals surface area (Å²) in [6.07, 6.45) is 0. The zero-order valence-electron chi connectivity index (χ0n) is 11.3. The van der Waals surface area contributed by atoms with E-state index in [0.29, 0.717) is 4.47 Å². The fourth-order valence-corrected chi connectivity index (χ4v) is 4.04. The molecule has 0 atom stereocenters. The van der Waals surface area contributed by atoms with Crippen LogP contribution in [0.4, 0.5) is 0 Å². The molecule has 1 aromatic carbocycles. The number of nitrogens with one attached hydrogen (secondary N) is 1. The summed E-state index contributed by atoms with van der Waals surface area (Å²) in [5.74, 6) is -1.19. The third-order valence-electron chi connectivity index (χ3n) is 2.38. The van der Waals surface area contributed by atoms with E-state index in [4.69, 9.17) is 9.84 Å². The Kier molecular flexibility index (Phi) is 5.31. The van der Waals surface area contributed by atoms with Gasteiger partial charge in [-0.2, -0.15) is 0 Å². The summed E-state index contributed by atoms with van der Waals surface area (Å²) in [4.78, 5) is 10.8. The largest absolute Gasteiger partial charge is 0.478 e. The molecule has 0 saturated carbocycles. The van der Waals surface area contributed by atoms with Crippen molar-refractivity contribution in [1.82, 2.24) is 4.72 Å². The molecule has 0 aliphatic heterocycles. The highest BCUT2D eigenvalue weighted by Crippen LogP contribution is 2.24. The summed E-state index contributed by atoms with van der Waals surface area (Å²) >= 11 is 3.12. The molecule has 6 nitrogen and oxygen atoms in total. The highest BCUT2D eigenvalue weighted by molar-refractivity contribution is 9.10. The van der Waals surface area contributed by atoms with E-state index in [1.165, 1.54) is 19.2 Å². The van der Waals surface area contributed by atoms with Crippen molar-refractivity contribution >= 4 is 31.9 Å². The van der Waals surface area contributed by atoms with Crippen molar-refractivity contribution in [2.24, 2.45) is 0 Å². The molecule has 0 aliphatic carbocycles. The minimum atomic E-state index is -3.87. The number of ether oxygens (including phenoxy) is 1. The maximum absolute atomic E-state index is 12.3. The van der Waals surface area contributed by atoms with Crippen molar-refractivity contribution in [2.75, 3.05) is 13.7 Å². The topological polar surface area (TPSA) is 92.7 Å². The van der Waals surface area contributed by atoms with Crippen LogP contribution in [0.5, 0.6) is 0 Å². The van der Waals surface area contributed by atoms with Gasteiger partial charge in [0.15, 0.2) is 0 Å². The minimum absolute atomic E-state index is 0.0990. The van der Waals surface area contributed by atoms with Gasteiger partial charge < -0.3 is 9.84 Å². The number of methoxy groups -OCH3 is 1. The zero-order valence-corrected chi connectivity index (χ0v) is 13.7. The molecular weight excluding hydrogens is 350 g/mol. The van der Waals surface area contributed by atoms with Gasteiger partial charge in [0.2, 0.25) is 10.0 Å². The molecule has 20 heavy (non-hydrogen) atoms. The van der Waals surface area contributed by atoms with Crippen molar-refractivity contribution in [3.05, 3.63) is 28.2 Å². The Morgan fingerprint density at radius 2 is 2.05 bits per heavy atom. The normalized spacial score (nSPS) is 12.4. The molecule has 0 amide bonds. The molecule has 1 rings (SSSR count). The number of benzene rings is 1. The van der Waals surface area contributed by atoms with Crippen LogP contribution >= 0.6 is 15.9 Å². The first-order valence-electron chi connectivity index (χ1n) is 5.65. The number of sulfonamides is 1. The van der Waals surface area contributed by atoms with Crippen LogP contribution in [-0.4, -0.2) is 38.7 Å². The number of carbonyl (C=O) groups is 1. The molecule has 0 radical (unpaired) electrons. The first-order valence-corrected chi connectivity index (χ1v) is 7.92. The number of halogens is 1. The first-order chi connectivity index (χ1) is 9.09. The third kappa shape index (κ3) is 4.27. The Bertz CT molecular complexity index is 612. The lowest BCUT2D eigenvalue weighted by Crippen LogP contribution is -2.46. The Morgan fingerprint density at radius 1 is 1.45 bits per heavy atom. The zero-order chi connectivity index (χ0) is 15.6. The van der Waals surface area contributed by atoms with Crippen LogP contribution in [0.1, 0.15) is 24.2 Å². The molecule has 1 aromatic rings. The van der Waals surface area contributed by atoms with E-state index in [0.717, 1.165) is 6.07 Å². The maximum Gasteiger partial charge on any atom is 0.335 e. The predicted octanol–water partition coefficient (Wildman–Crippen LogP) is 1.85. The summed E-state index contributed by atoms with van der Waals surface area (Å²) in [5.41, 5.74) is -0.912. The SMILES string of the molecule is COCC(C)(C)NS(=O)(=O)c1cc(C(=O)O)ccc1Br. The molecule has 0 unspecified atom stereocenters. The summed E-state index contributed by atoms with van der Waals surface area (Å²) in [7, 11) is -2.40. The van der Waals surface area contributed by atoms with Crippen molar-refractivity contribution in [1.29, 1.82) is 0 Å². The average molecular weight is 366 g/mol. The van der Waals surface area contributed by atoms with Crippen LogP contribution in [0.2, 0.25) is 0 Å². The molecule has 0 fully saturated rings. The molecule has 0 aliphatic rings. The van der Waals surface area contributed by atoms with Gasteiger partial charge in [-0.05, 0) is 48.0 Å². The van der Waals surface area contributed by atoms with Crippen molar-refractivity contribution in [2.45, 2.75) is 24.3 Å². The van der Waals surface area contributed by atoms with Crippen LogP contribution in [0.25, 0.3) is 0 Å². The smallest absolute Gasteiger partial charge is 0.335 e. The van der Waals surface area contributed by atoms with Gasteiger partial charge in [0.05, 0.1) is 22.6 Å². The summed E-state index contributed by atoms with van der Waals surface area (Å²) in [5, 5.41) is 8.93. The highest BCUT2D eigenvalue weighted by Gasteiger charge is 2.28. The summed E-state index contributed by atoms with van der Waals surface area (Å²) in [6, 6.07) is 3.82. The van der Waals surface area contributed by atoms with E-state index in [9.17, 15) is 13.2 Å². The maximum atomic E-state index is 12.3. The molecular formula is C12H16BrNO5S. The van der Waals surface area contributed by atoms with Gasteiger partial charge in [-0.15, -0.1) is 0 Å². The van der Waals surface area contributed by atoms with E-state index in [1.54, 1.807) is 13.8 Å². The van der Waals surface area contributed by atoms with Gasteiger partial charge >= 0.3 is 5.97 Å². The van der Waals surface area contributed by atoms with E-state index in [1.807, 2.05) is 0 Å². The predicted molar refractivity (Wildman–Crippen MR) is 77.4 cm³/mol. The van der Waals surface area contributed by atoms with E-state index in [2.05, 4.69) is 20.7 Å². The lowest BCUT2D eigenvalue weighted by atomic mass is 10.1. The highest BCUT2D eigenvalue weighted by atomic mass is 79.9. The number of aromatic carboxylic acids is 1. The molecule has 0 spiro atoms. The van der Waals surface area contributed by atoms with Gasteiger partial charge in [0.1, 0.15) is 0 Å². The van der Waals surface area contributed by atoms with Gasteiger partial charge in [-0.25, -0.2) is 17.9 Å². The number of rotatable bonds is 6. The quantitative estimate of drug-likeness (QED) is 0.802. The van der Waals surface area contributed by atoms with Crippen molar-refractivity contribution in [3.63, 3.8) is 0 Å². The summed E-state index contributed by atoms with van der Waals surface area (Å²) in [6.45, 7) is 3.52. The molecule has 0 bridgehead atoms. The van der Waals surface area contributed by atoms with Crippen LogP contribution in [-0.2, 0) is 14.8 Å². The standard InChI is InChI=1S/C12H16BrNO5S/c1-12(2,7-19-3)14-20(17,18)10-6-8(11(15)16)4-5-9(10)13/h4-6,14H,7H2,1-3H3,(H,15,16). The molecule has 112 valence electrons. The number of hydrogen-bond acceptors (Lipinski definition) is 4. The van der Waals surface area contributed by atoms with Crippen LogP contribution in [0.3, 0.4) is 0 Å². The molecule has 2 N–H and O–H groups in total. The minimum Gasteiger partial charge on any atom is -0.478 e. The fraction of sp³-hybridized carbons (Fsp3) is 0.417. The Morgan fingerprint density at radius 3 is 2.55 bits per heavy atom. The lowest BCUT2D eigenvalue weighted by Gasteiger charge is -2.25. The van der Waals surface area contributed by atoms with Crippen molar-refractivity contribution < 1.29 is 23.1 Å². The first kappa shape index (κ1) is 17.1. The van der Waals surface area contributed by atoms with Crippen LogP contribution in [0.15, 0.2) is 27.6 Å². The van der Waals surface area contributed by atoms with E-state index < -0.39 is 21.5 Å². The third-order valence-corrected chi connectivity index (χ3v) is 5.08. The Labute approximate surface area is 126 Å². The second-order valence-electron chi connectivity index (χ2n) is 4.87.